The summed E-state index contributed by atoms with van der Waals surface area (Å²) in [6.07, 6.45) is -0.689. The predicted molar refractivity (Wildman–Crippen MR) is 96.2 cm³/mol. The average molecular weight is 349 g/mol. The molecule has 0 saturated heterocycles. The fraction of sp³-hybridized carbons (Fsp3) is 0.500. The minimum Gasteiger partial charge on any atom is -0.444 e. The number of benzene rings is 1. The molecule has 7 heteroatoms. The highest BCUT2D eigenvalue weighted by Crippen LogP contribution is 2.23. The van der Waals surface area contributed by atoms with Crippen LogP contribution in [0.25, 0.3) is 0 Å². The quantitative estimate of drug-likeness (QED) is 0.776. The van der Waals surface area contributed by atoms with E-state index in [2.05, 4.69) is 10.6 Å². The van der Waals surface area contributed by atoms with Gasteiger partial charge in [0.2, 0.25) is 5.91 Å². The Bertz CT molecular complexity index is 657. The average Bonchev–Trinajstić information content (AvgIpc) is 2.41. The molecule has 1 aromatic rings. The lowest BCUT2D eigenvalue weighted by atomic mass is 9.86. The van der Waals surface area contributed by atoms with Crippen molar-refractivity contribution in [1.82, 2.24) is 5.32 Å². The molecule has 0 fully saturated rings. The molecule has 0 saturated carbocycles. The van der Waals surface area contributed by atoms with Crippen LogP contribution < -0.4 is 16.4 Å². The Morgan fingerprint density at radius 3 is 2.08 bits per heavy atom. The first-order valence-electron chi connectivity index (χ1n) is 8.00. The van der Waals surface area contributed by atoms with Gasteiger partial charge in [-0.3, -0.25) is 9.59 Å². The maximum Gasteiger partial charge on any atom is 0.408 e. The lowest BCUT2D eigenvalue weighted by Gasteiger charge is -2.31. The molecule has 25 heavy (non-hydrogen) atoms. The zero-order valence-electron chi connectivity index (χ0n) is 15.6. The van der Waals surface area contributed by atoms with Crippen LogP contribution in [-0.4, -0.2) is 29.6 Å². The van der Waals surface area contributed by atoms with Crippen molar-refractivity contribution in [3.8, 4) is 0 Å². The van der Waals surface area contributed by atoms with Crippen LogP contribution in [0.4, 0.5) is 10.5 Å². The van der Waals surface area contributed by atoms with Crippen molar-refractivity contribution in [1.29, 1.82) is 0 Å². The third-order valence-electron chi connectivity index (χ3n) is 3.24. The minimum absolute atomic E-state index is 0.195. The summed E-state index contributed by atoms with van der Waals surface area (Å²) < 4.78 is 5.22. The number of primary amides is 1. The lowest BCUT2D eigenvalue weighted by Crippen LogP contribution is -2.52. The normalized spacial score (nSPS) is 12.9. The van der Waals surface area contributed by atoms with Gasteiger partial charge in [0.05, 0.1) is 11.3 Å². The summed E-state index contributed by atoms with van der Waals surface area (Å²) in [6, 6.07) is 5.55. The number of alkyl carbamates (subject to hydrolysis) is 1. The maximum absolute atomic E-state index is 12.7. The number of carbonyl (C=O) groups excluding carboxylic acids is 3. The van der Waals surface area contributed by atoms with Gasteiger partial charge in [0.25, 0.3) is 5.91 Å². The second-order valence-electron chi connectivity index (χ2n) is 7.84. The van der Waals surface area contributed by atoms with Gasteiger partial charge in [-0.15, -0.1) is 0 Å². The van der Waals surface area contributed by atoms with Gasteiger partial charge >= 0.3 is 6.09 Å². The van der Waals surface area contributed by atoms with Gasteiger partial charge in [-0.05, 0) is 38.3 Å². The Hall–Kier alpha value is -2.57. The van der Waals surface area contributed by atoms with Crippen LogP contribution in [0.1, 0.15) is 51.9 Å². The van der Waals surface area contributed by atoms with E-state index in [9.17, 15) is 14.4 Å². The van der Waals surface area contributed by atoms with Gasteiger partial charge in [0.1, 0.15) is 11.6 Å². The first kappa shape index (κ1) is 20.5. The van der Waals surface area contributed by atoms with Crippen LogP contribution in [0.3, 0.4) is 0 Å². The van der Waals surface area contributed by atoms with E-state index in [0.29, 0.717) is 5.69 Å². The number of anilines is 1. The van der Waals surface area contributed by atoms with Gasteiger partial charge in [0, 0.05) is 0 Å². The minimum atomic E-state index is -0.872. The molecule has 0 heterocycles. The monoisotopic (exact) mass is 349 g/mol. The van der Waals surface area contributed by atoms with Crippen LogP contribution in [0.2, 0.25) is 0 Å². The van der Waals surface area contributed by atoms with Gasteiger partial charge in [-0.25, -0.2) is 4.79 Å². The Balaban J connectivity index is 3.00. The molecule has 1 aromatic carbocycles. The summed E-state index contributed by atoms with van der Waals surface area (Å²) >= 11 is 0. The standard InChI is InChI=1S/C18H27N3O4/c1-17(2,3)13(21-16(24)25-18(4,5)6)15(23)20-12-10-8-7-9-11(12)14(19)22/h7-10,13H,1-6H3,(H2,19,22)(H,20,23)(H,21,24)/t13-/m1/s1. The molecule has 0 aliphatic carbocycles. The molecule has 0 spiro atoms. The van der Waals surface area contributed by atoms with Crippen LogP contribution in [0, 0.1) is 5.41 Å². The highest BCUT2D eigenvalue weighted by Gasteiger charge is 2.34. The van der Waals surface area contributed by atoms with Crippen molar-refractivity contribution >= 4 is 23.6 Å². The molecule has 138 valence electrons. The summed E-state index contributed by atoms with van der Waals surface area (Å²) in [6.45, 7) is 10.7. The molecule has 1 atom stereocenters. The van der Waals surface area contributed by atoms with Crippen LogP contribution in [0.5, 0.6) is 0 Å². The van der Waals surface area contributed by atoms with Crippen LogP contribution in [-0.2, 0) is 9.53 Å². The van der Waals surface area contributed by atoms with E-state index in [1.807, 2.05) is 20.8 Å². The second kappa shape index (κ2) is 7.55. The number of carbonyl (C=O) groups is 3. The highest BCUT2D eigenvalue weighted by molar-refractivity contribution is 6.04. The van der Waals surface area contributed by atoms with Crippen molar-refractivity contribution in [2.45, 2.75) is 53.2 Å². The number of nitrogens with two attached hydrogens (primary N) is 1. The fourth-order valence-electron chi connectivity index (χ4n) is 2.11. The van der Waals surface area contributed by atoms with Crippen LogP contribution >= 0.6 is 0 Å². The summed E-state index contributed by atoms with van der Waals surface area (Å²) in [5.74, 6) is -1.12. The molecule has 0 aliphatic heterocycles. The molecule has 7 nitrogen and oxygen atoms in total. The number of nitrogens with one attached hydrogen (secondary N) is 2. The zero-order valence-corrected chi connectivity index (χ0v) is 15.6. The number of ether oxygens (including phenoxy) is 1. The predicted octanol–water partition coefficient (Wildman–Crippen LogP) is 2.66. The van der Waals surface area contributed by atoms with Gasteiger partial charge in [-0.2, -0.15) is 0 Å². The van der Waals surface area contributed by atoms with Gasteiger partial charge in [-0.1, -0.05) is 32.9 Å². The number of hydrogen-bond acceptors (Lipinski definition) is 4. The van der Waals surface area contributed by atoms with E-state index in [0.717, 1.165) is 0 Å². The Morgan fingerprint density at radius 1 is 1.04 bits per heavy atom. The molecule has 0 bridgehead atoms. The van der Waals surface area contributed by atoms with Gasteiger partial charge < -0.3 is 21.1 Å². The van der Waals surface area contributed by atoms with Crippen molar-refractivity contribution in [2.24, 2.45) is 11.1 Å². The first-order valence-corrected chi connectivity index (χ1v) is 8.00. The molecule has 0 aliphatic rings. The largest absolute Gasteiger partial charge is 0.444 e. The van der Waals surface area contributed by atoms with E-state index in [4.69, 9.17) is 10.5 Å². The number of rotatable bonds is 4. The fourth-order valence-corrected chi connectivity index (χ4v) is 2.11. The maximum atomic E-state index is 12.7. The van der Waals surface area contributed by atoms with E-state index >= 15 is 0 Å². The number of hydrogen-bond donors (Lipinski definition) is 3. The molecule has 0 aromatic heterocycles. The zero-order chi connectivity index (χ0) is 19.4. The van der Waals surface area contributed by atoms with E-state index < -0.39 is 35.0 Å². The molecule has 0 radical (unpaired) electrons. The molecule has 4 N–H and O–H groups in total. The Labute approximate surface area is 148 Å². The first-order chi connectivity index (χ1) is 11.3. The number of amides is 3. The van der Waals surface area contributed by atoms with Crippen molar-refractivity contribution in [3.63, 3.8) is 0 Å². The lowest BCUT2D eigenvalue weighted by molar-refractivity contribution is -0.120. The summed E-state index contributed by atoms with van der Waals surface area (Å²) in [4.78, 5) is 36.2. The van der Waals surface area contributed by atoms with E-state index in [1.165, 1.54) is 6.07 Å². The SMILES string of the molecule is CC(C)(C)OC(=O)N[C@H](C(=O)Nc1ccccc1C(N)=O)C(C)(C)C. The second-order valence-corrected chi connectivity index (χ2v) is 7.84. The van der Waals surface area contributed by atoms with Crippen molar-refractivity contribution in [2.75, 3.05) is 5.32 Å². The third-order valence-corrected chi connectivity index (χ3v) is 3.24. The molecular formula is C18H27N3O4. The molecule has 0 unspecified atom stereocenters. The third kappa shape index (κ3) is 6.45. The molecule has 3 amide bonds. The highest BCUT2D eigenvalue weighted by atomic mass is 16.6. The molecular weight excluding hydrogens is 322 g/mol. The van der Waals surface area contributed by atoms with Crippen LogP contribution in [0.15, 0.2) is 24.3 Å². The van der Waals surface area contributed by atoms with Crippen molar-refractivity contribution < 1.29 is 19.1 Å². The summed E-state index contributed by atoms with van der Waals surface area (Å²) in [5, 5.41) is 5.25. The van der Waals surface area contributed by atoms with Gasteiger partial charge in [0.15, 0.2) is 0 Å². The van der Waals surface area contributed by atoms with Crippen molar-refractivity contribution in [3.05, 3.63) is 29.8 Å². The Kier molecular flexibility index (Phi) is 6.18. The van der Waals surface area contributed by atoms with E-state index in [1.54, 1.807) is 39.0 Å². The smallest absolute Gasteiger partial charge is 0.408 e. The summed E-state index contributed by atoms with van der Waals surface area (Å²) in [5.41, 5.74) is 4.55. The molecule has 1 rings (SSSR count). The number of para-hydroxylation sites is 1. The van der Waals surface area contributed by atoms with E-state index in [-0.39, 0.29) is 5.56 Å². The summed E-state index contributed by atoms with van der Waals surface area (Å²) in [7, 11) is 0. The Morgan fingerprint density at radius 2 is 1.60 bits per heavy atom. The topological polar surface area (TPSA) is 111 Å².